The summed E-state index contributed by atoms with van der Waals surface area (Å²) in [5.41, 5.74) is 3.98. The molecule has 0 aromatic heterocycles. The van der Waals surface area contributed by atoms with E-state index in [2.05, 4.69) is 22.8 Å². The van der Waals surface area contributed by atoms with E-state index in [4.69, 9.17) is 14.5 Å². The van der Waals surface area contributed by atoms with Gasteiger partial charge in [-0.3, -0.25) is 4.79 Å². The smallest absolute Gasteiger partial charge is 0.253 e. The molecule has 0 fully saturated rings. The zero-order valence-electron chi connectivity index (χ0n) is 19.9. The van der Waals surface area contributed by atoms with Gasteiger partial charge in [-0.2, -0.15) is 0 Å². The standard InChI is InChI=1S/C25H36N4O3/c1-6-26-25(27-13-12-20-8-7-9-21(17-20)24(30)29(3)4)28-18-22-11-10-19(2)16-23(22)32-15-14-31-5/h7-11,16-17H,6,12-15,18H2,1-5H3,(H2,26,27,28). The highest BCUT2D eigenvalue weighted by Gasteiger charge is 2.09. The summed E-state index contributed by atoms with van der Waals surface area (Å²) in [7, 11) is 5.19. The number of nitrogens with zero attached hydrogens (tertiary/aromatic N) is 2. The van der Waals surface area contributed by atoms with Gasteiger partial charge in [0.15, 0.2) is 5.96 Å². The van der Waals surface area contributed by atoms with Gasteiger partial charge in [0.25, 0.3) is 5.91 Å². The van der Waals surface area contributed by atoms with E-state index < -0.39 is 0 Å². The normalized spacial score (nSPS) is 11.2. The number of hydrogen-bond acceptors (Lipinski definition) is 4. The molecule has 0 bridgehead atoms. The lowest BCUT2D eigenvalue weighted by atomic mass is 10.1. The number of methoxy groups -OCH3 is 1. The number of carbonyl (C=O) groups excluding carboxylic acids is 1. The third kappa shape index (κ3) is 8.23. The van der Waals surface area contributed by atoms with Gasteiger partial charge in [0.1, 0.15) is 12.4 Å². The minimum atomic E-state index is 0.0105. The van der Waals surface area contributed by atoms with Gasteiger partial charge < -0.3 is 25.0 Å². The molecule has 0 radical (unpaired) electrons. The van der Waals surface area contributed by atoms with Crippen molar-refractivity contribution in [1.82, 2.24) is 15.5 Å². The molecule has 7 heteroatoms. The van der Waals surface area contributed by atoms with Crippen LogP contribution in [-0.2, 0) is 17.7 Å². The minimum absolute atomic E-state index is 0.0105. The quantitative estimate of drug-likeness (QED) is 0.319. The maximum atomic E-state index is 12.2. The van der Waals surface area contributed by atoms with Crippen LogP contribution in [0.3, 0.4) is 0 Å². The van der Waals surface area contributed by atoms with Crippen molar-refractivity contribution in [2.75, 3.05) is 47.5 Å². The maximum absolute atomic E-state index is 12.2. The Morgan fingerprint density at radius 3 is 2.62 bits per heavy atom. The highest BCUT2D eigenvalue weighted by atomic mass is 16.5. The molecule has 0 heterocycles. The van der Waals surface area contributed by atoms with Gasteiger partial charge in [0.05, 0.1) is 13.2 Å². The maximum Gasteiger partial charge on any atom is 0.253 e. The van der Waals surface area contributed by atoms with Crippen molar-refractivity contribution in [2.24, 2.45) is 4.99 Å². The van der Waals surface area contributed by atoms with E-state index in [0.717, 1.165) is 41.4 Å². The van der Waals surface area contributed by atoms with Crippen LogP contribution in [0.25, 0.3) is 0 Å². The van der Waals surface area contributed by atoms with Gasteiger partial charge in [-0.05, 0) is 49.6 Å². The van der Waals surface area contributed by atoms with Crippen molar-refractivity contribution in [2.45, 2.75) is 26.8 Å². The number of benzene rings is 2. The molecule has 0 aliphatic carbocycles. The van der Waals surface area contributed by atoms with Gasteiger partial charge in [-0.25, -0.2) is 4.99 Å². The SMILES string of the molecule is CCNC(=NCc1ccc(C)cc1OCCOC)NCCc1cccc(C(=O)N(C)C)c1. The first-order valence-corrected chi connectivity index (χ1v) is 11.0. The van der Waals surface area contributed by atoms with Crippen molar-refractivity contribution < 1.29 is 14.3 Å². The second-order valence-electron chi connectivity index (χ2n) is 7.72. The number of guanidine groups is 1. The molecule has 2 aromatic rings. The van der Waals surface area contributed by atoms with Crippen LogP contribution in [-0.4, -0.2) is 64.3 Å². The van der Waals surface area contributed by atoms with E-state index in [-0.39, 0.29) is 5.91 Å². The first-order valence-electron chi connectivity index (χ1n) is 11.0. The summed E-state index contributed by atoms with van der Waals surface area (Å²) >= 11 is 0. The molecule has 174 valence electrons. The molecule has 2 N–H and O–H groups in total. The van der Waals surface area contributed by atoms with Crippen LogP contribution < -0.4 is 15.4 Å². The Balaban J connectivity index is 1.99. The monoisotopic (exact) mass is 440 g/mol. The van der Waals surface area contributed by atoms with E-state index in [1.165, 1.54) is 0 Å². The molecule has 0 unspecified atom stereocenters. The summed E-state index contributed by atoms with van der Waals surface area (Å²) in [4.78, 5) is 18.5. The lowest BCUT2D eigenvalue weighted by Gasteiger charge is -2.14. The fraction of sp³-hybridized carbons (Fsp3) is 0.440. The number of aryl methyl sites for hydroxylation is 1. The molecular formula is C25H36N4O3. The minimum Gasteiger partial charge on any atom is -0.491 e. The number of amides is 1. The molecule has 0 atom stereocenters. The van der Waals surface area contributed by atoms with E-state index in [9.17, 15) is 4.79 Å². The lowest BCUT2D eigenvalue weighted by molar-refractivity contribution is 0.0827. The molecule has 0 aliphatic heterocycles. The summed E-state index contributed by atoms with van der Waals surface area (Å²) in [6, 6.07) is 13.9. The first-order chi connectivity index (χ1) is 15.4. The van der Waals surface area contributed by atoms with E-state index in [0.29, 0.717) is 31.9 Å². The van der Waals surface area contributed by atoms with Crippen LogP contribution in [0, 0.1) is 6.92 Å². The Labute approximate surface area is 191 Å². The molecule has 32 heavy (non-hydrogen) atoms. The molecule has 2 rings (SSSR count). The van der Waals surface area contributed by atoms with Gasteiger partial charge in [-0.15, -0.1) is 0 Å². The molecule has 1 amide bonds. The zero-order chi connectivity index (χ0) is 23.3. The Hall–Kier alpha value is -3.06. The molecule has 0 saturated carbocycles. The second kappa shape index (κ2) is 13.4. The van der Waals surface area contributed by atoms with Crippen LogP contribution in [0.5, 0.6) is 5.75 Å². The molecular weight excluding hydrogens is 404 g/mol. The predicted octanol–water partition coefficient (Wildman–Crippen LogP) is 3.02. The van der Waals surface area contributed by atoms with Crippen molar-refractivity contribution in [3.8, 4) is 5.75 Å². The summed E-state index contributed by atoms with van der Waals surface area (Å²) in [5.74, 6) is 1.59. The fourth-order valence-corrected chi connectivity index (χ4v) is 3.11. The third-order valence-corrected chi connectivity index (χ3v) is 4.81. The molecule has 2 aromatic carbocycles. The zero-order valence-corrected chi connectivity index (χ0v) is 19.9. The Morgan fingerprint density at radius 1 is 1.09 bits per heavy atom. The molecule has 0 aliphatic rings. The number of carbonyl (C=O) groups is 1. The lowest BCUT2D eigenvalue weighted by Crippen LogP contribution is -2.38. The van der Waals surface area contributed by atoms with Gasteiger partial charge in [0, 0.05) is 45.4 Å². The van der Waals surface area contributed by atoms with Crippen molar-refractivity contribution in [1.29, 1.82) is 0 Å². The summed E-state index contributed by atoms with van der Waals surface area (Å²) in [6.07, 6.45) is 0.787. The highest BCUT2D eigenvalue weighted by Crippen LogP contribution is 2.21. The Morgan fingerprint density at radius 2 is 1.91 bits per heavy atom. The summed E-state index contributed by atoms with van der Waals surface area (Å²) in [6.45, 7) is 7.11. The first kappa shape index (κ1) is 25.2. The van der Waals surface area contributed by atoms with Crippen LogP contribution >= 0.6 is 0 Å². The van der Waals surface area contributed by atoms with Crippen LogP contribution in [0.4, 0.5) is 0 Å². The van der Waals surface area contributed by atoms with Gasteiger partial charge in [-0.1, -0.05) is 24.3 Å². The van der Waals surface area contributed by atoms with E-state index in [1.807, 2.05) is 44.2 Å². The van der Waals surface area contributed by atoms with Gasteiger partial charge in [0.2, 0.25) is 0 Å². The van der Waals surface area contributed by atoms with Crippen molar-refractivity contribution >= 4 is 11.9 Å². The molecule has 0 spiro atoms. The fourth-order valence-electron chi connectivity index (χ4n) is 3.11. The number of ether oxygens (including phenoxy) is 2. The summed E-state index contributed by atoms with van der Waals surface area (Å²) in [5, 5.41) is 6.66. The third-order valence-electron chi connectivity index (χ3n) is 4.81. The van der Waals surface area contributed by atoms with E-state index >= 15 is 0 Å². The highest BCUT2D eigenvalue weighted by molar-refractivity contribution is 5.94. The van der Waals surface area contributed by atoms with Gasteiger partial charge >= 0.3 is 0 Å². The van der Waals surface area contributed by atoms with Crippen LogP contribution in [0.15, 0.2) is 47.5 Å². The number of hydrogen-bond donors (Lipinski definition) is 2. The average molecular weight is 441 g/mol. The number of aliphatic imine (C=N–C) groups is 1. The topological polar surface area (TPSA) is 75.2 Å². The molecule has 7 nitrogen and oxygen atoms in total. The summed E-state index contributed by atoms with van der Waals surface area (Å²) < 4.78 is 11.0. The van der Waals surface area contributed by atoms with Crippen molar-refractivity contribution in [3.05, 3.63) is 64.7 Å². The second-order valence-corrected chi connectivity index (χ2v) is 7.72. The van der Waals surface area contributed by atoms with Crippen molar-refractivity contribution in [3.63, 3.8) is 0 Å². The number of nitrogens with one attached hydrogen (secondary N) is 2. The van der Waals surface area contributed by atoms with Crippen LogP contribution in [0.1, 0.15) is 34.0 Å². The Bertz CT molecular complexity index is 897. The predicted molar refractivity (Wildman–Crippen MR) is 130 cm³/mol. The van der Waals surface area contributed by atoms with Crippen LogP contribution in [0.2, 0.25) is 0 Å². The largest absolute Gasteiger partial charge is 0.491 e. The Kier molecular flexibility index (Phi) is 10.5. The average Bonchev–Trinajstić information content (AvgIpc) is 2.78. The number of rotatable bonds is 11. The van der Waals surface area contributed by atoms with E-state index in [1.54, 1.807) is 26.1 Å². The molecule has 0 saturated heterocycles.